The van der Waals surface area contributed by atoms with Crippen LogP contribution in [0.1, 0.15) is 27.2 Å². The normalized spacial score (nSPS) is 13.4. The molecule has 0 unspecified atom stereocenters. The average Bonchev–Trinajstić information content (AvgIpc) is 3.58. The van der Waals surface area contributed by atoms with Crippen molar-refractivity contribution in [2.75, 3.05) is 18.2 Å². The summed E-state index contributed by atoms with van der Waals surface area (Å²) in [7, 11) is 0. The number of hydrogen-bond donors (Lipinski definition) is 1. The van der Waals surface area contributed by atoms with Crippen molar-refractivity contribution < 1.29 is 19.0 Å². The summed E-state index contributed by atoms with van der Waals surface area (Å²) in [6, 6.07) is 19.3. The molecule has 2 aromatic carbocycles. The van der Waals surface area contributed by atoms with Crippen LogP contribution >= 0.6 is 0 Å². The third-order valence-corrected chi connectivity index (χ3v) is 6.08. The molecule has 1 amide bonds. The van der Waals surface area contributed by atoms with Gasteiger partial charge in [0.15, 0.2) is 11.5 Å². The van der Waals surface area contributed by atoms with Gasteiger partial charge in [-0.05, 0) is 47.9 Å². The van der Waals surface area contributed by atoms with Crippen LogP contribution in [0, 0.1) is 0 Å². The highest BCUT2D eigenvalue weighted by Gasteiger charge is 2.25. The summed E-state index contributed by atoms with van der Waals surface area (Å²) in [5, 5.41) is 2.88. The fourth-order valence-electron chi connectivity index (χ4n) is 4.25. The van der Waals surface area contributed by atoms with Gasteiger partial charge in [-0.1, -0.05) is 30.3 Å². The summed E-state index contributed by atoms with van der Waals surface area (Å²) in [5.41, 5.74) is 4.17. The third kappa shape index (κ3) is 4.38. The Balaban J connectivity index is 1.27. The van der Waals surface area contributed by atoms with Crippen molar-refractivity contribution in [3.8, 4) is 17.4 Å². The number of aromatic nitrogens is 3. The minimum absolute atomic E-state index is 0.199. The second-order valence-corrected chi connectivity index (χ2v) is 8.40. The van der Waals surface area contributed by atoms with Crippen LogP contribution in [0.4, 0.5) is 11.6 Å². The third-order valence-electron chi connectivity index (χ3n) is 6.08. The van der Waals surface area contributed by atoms with Crippen LogP contribution in [0.3, 0.4) is 0 Å². The molecule has 0 saturated heterocycles. The van der Waals surface area contributed by atoms with Gasteiger partial charge in [0.05, 0.1) is 12.2 Å². The van der Waals surface area contributed by atoms with E-state index in [2.05, 4.69) is 26.3 Å². The van der Waals surface area contributed by atoms with Gasteiger partial charge in [-0.2, -0.15) is 4.98 Å². The van der Waals surface area contributed by atoms with Gasteiger partial charge >= 0.3 is 0 Å². The average molecular weight is 482 g/mol. The second-order valence-electron chi connectivity index (χ2n) is 8.40. The summed E-state index contributed by atoms with van der Waals surface area (Å²) in [5.74, 6) is 1.73. The fraction of sp³-hybridized carbons (Fsp3) is 0.185. The van der Waals surface area contributed by atoms with Crippen LogP contribution in [0.5, 0.6) is 17.4 Å². The van der Waals surface area contributed by atoms with E-state index in [-0.39, 0.29) is 37.3 Å². The van der Waals surface area contributed by atoms with Gasteiger partial charge in [0.2, 0.25) is 18.6 Å². The van der Waals surface area contributed by atoms with E-state index >= 15 is 0 Å². The predicted molar refractivity (Wildman–Crippen MR) is 131 cm³/mol. The van der Waals surface area contributed by atoms with Crippen molar-refractivity contribution in [1.82, 2.24) is 20.3 Å². The first kappa shape index (κ1) is 21.8. The van der Waals surface area contributed by atoms with Gasteiger partial charge in [0.25, 0.3) is 5.91 Å². The van der Waals surface area contributed by atoms with Gasteiger partial charge in [-0.15, -0.1) is 0 Å². The summed E-state index contributed by atoms with van der Waals surface area (Å²) in [6.07, 6.45) is 4.11. The van der Waals surface area contributed by atoms with Crippen molar-refractivity contribution in [1.29, 1.82) is 0 Å². The first-order valence-electron chi connectivity index (χ1n) is 11.7. The number of nitrogens with zero attached hydrogens (tertiary/aromatic N) is 4. The number of nitrogens with one attached hydrogen (secondary N) is 1. The van der Waals surface area contributed by atoms with Crippen LogP contribution < -0.4 is 24.4 Å². The minimum atomic E-state index is -0.338. The smallest absolute Gasteiger partial charge is 0.258 e. The molecule has 2 aliphatic heterocycles. The maximum Gasteiger partial charge on any atom is 0.258 e. The number of para-hydroxylation sites is 1. The molecule has 0 atom stereocenters. The molecule has 9 heteroatoms. The van der Waals surface area contributed by atoms with Crippen molar-refractivity contribution >= 4 is 17.5 Å². The number of rotatable bonds is 7. The molecular formula is C27H23N5O4. The number of carbonyl (C=O) groups excluding carboxylic acids is 1. The molecule has 9 nitrogen and oxygen atoms in total. The summed E-state index contributed by atoms with van der Waals surface area (Å²) >= 11 is 0. The molecule has 0 spiro atoms. The Hall–Kier alpha value is -4.66. The van der Waals surface area contributed by atoms with Crippen LogP contribution in [0.25, 0.3) is 0 Å². The lowest BCUT2D eigenvalue weighted by molar-refractivity contribution is 0.0944. The van der Waals surface area contributed by atoms with E-state index in [0.29, 0.717) is 17.4 Å². The van der Waals surface area contributed by atoms with E-state index in [1.54, 1.807) is 6.20 Å². The standard InChI is InChI=1S/C27H23N5O4/c33-25(29-14-20-6-3-4-11-28-20)21-15-30-27(32-12-10-19-5-1-2-7-22(19)32)31-26(21)34-16-18-8-9-23-24(13-18)36-17-35-23/h1-9,11,13,15H,10,12,14,16-17H2,(H,29,33). The zero-order chi connectivity index (χ0) is 24.3. The van der Waals surface area contributed by atoms with Crippen molar-refractivity contribution in [3.63, 3.8) is 0 Å². The second kappa shape index (κ2) is 9.53. The Kier molecular flexibility index (Phi) is 5.79. The Morgan fingerprint density at radius 2 is 1.92 bits per heavy atom. The molecule has 0 saturated carbocycles. The van der Waals surface area contributed by atoms with Gasteiger partial charge in [-0.25, -0.2) is 4.98 Å². The lowest BCUT2D eigenvalue weighted by atomic mass is 10.2. The number of carbonyl (C=O) groups is 1. The van der Waals surface area contributed by atoms with Crippen LogP contribution in [0.15, 0.2) is 73.1 Å². The number of pyridine rings is 1. The lowest BCUT2D eigenvalue weighted by Crippen LogP contribution is -2.25. The molecule has 2 aromatic heterocycles. The molecular weight excluding hydrogens is 458 g/mol. The maximum absolute atomic E-state index is 13.1. The van der Waals surface area contributed by atoms with Gasteiger partial charge < -0.3 is 24.4 Å². The highest BCUT2D eigenvalue weighted by atomic mass is 16.7. The highest BCUT2D eigenvalue weighted by Crippen LogP contribution is 2.35. The van der Waals surface area contributed by atoms with Crippen LogP contribution in [0.2, 0.25) is 0 Å². The molecule has 0 radical (unpaired) electrons. The van der Waals surface area contributed by atoms with Gasteiger partial charge in [-0.3, -0.25) is 9.78 Å². The molecule has 0 bridgehead atoms. The molecule has 4 aromatic rings. The summed E-state index contributed by atoms with van der Waals surface area (Å²) < 4.78 is 16.9. The fourth-order valence-corrected chi connectivity index (χ4v) is 4.25. The summed E-state index contributed by atoms with van der Waals surface area (Å²) in [6.45, 7) is 1.44. The van der Waals surface area contributed by atoms with E-state index in [0.717, 1.165) is 29.9 Å². The number of benzene rings is 2. The molecule has 180 valence electrons. The van der Waals surface area contributed by atoms with Crippen molar-refractivity contribution in [2.45, 2.75) is 19.6 Å². The Morgan fingerprint density at radius 1 is 1.03 bits per heavy atom. The lowest BCUT2D eigenvalue weighted by Gasteiger charge is -2.19. The monoisotopic (exact) mass is 481 g/mol. The molecule has 0 fully saturated rings. The number of ether oxygens (including phenoxy) is 3. The quantitative estimate of drug-likeness (QED) is 0.426. The predicted octanol–water partition coefficient (Wildman–Crippen LogP) is 3.80. The molecule has 2 aliphatic rings. The Bertz CT molecular complexity index is 1410. The zero-order valence-electron chi connectivity index (χ0n) is 19.4. The summed E-state index contributed by atoms with van der Waals surface area (Å²) in [4.78, 5) is 28.6. The Labute approximate surface area is 207 Å². The highest BCUT2D eigenvalue weighted by molar-refractivity contribution is 5.96. The van der Waals surface area contributed by atoms with Crippen molar-refractivity contribution in [2.24, 2.45) is 0 Å². The minimum Gasteiger partial charge on any atom is -0.472 e. The van der Waals surface area contributed by atoms with Crippen LogP contribution in [-0.2, 0) is 19.6 Å². The molecule has 4 heterocycles. The molecule has 6 rings (SSSR count). The number of amides is 1. The number of fused-ring (bicyclic) bond motifs is 2. The van der Waals surface area contributed by atoms with E-state index in [1.807, 2.05) is 59.5 Å². The first-order valence-corrected chi connectivity index (χ1v) is 11.7. The molecule has 0 aliphatic carbocycles. The first-order chi connectivity index (χ1) is 17.7. The van der Waals surface area contributed by atoms with E-state index < -0.39 is 0 Å². The molecule has 1 N–H and O–H groups in total. The number of hydrogen-bond acceptors (Lipinski definition) is 8. The zero-order valence-corrected chi connectivity index (χ0v) is 19.4. The van der Waals surface area contributed by atoms with E-state index in [1.165, 1.54) is 11.8 Å². The van der Waals surface area contributed by atoms with Crippen molar-refractivity contribution in [3.05, 3.63) is 95.4 Å². The maximum atomic E-state index is 13.1. The van der Waals surface area contributed by atoms with Crippen LogP contribution in [-0.4, -0.2) is 34.2 Å². The Morgan fingerprint density at radius 3 is 2.83 bits per heavy atom. The van der Waals surface area contributed by atoms with E-state index in [4.69, 9.17) is 14.2 Å². The SMILES string of the molecule is O=C(NCc1ccccn1)c1cnc(N2CCc3ccccc32)nc1OCc1ccc2c(c1)OCO2. The van der Waals surface area contributed by atoms with Gasteiger partial charge in [0.1, 0.15) is 12.2 Å². The molecule has 36 heavy (non-hydrogen) atoms. The topological polar surface area (TPSA) is 98.7 Å². The van der Waals surface area contributed by atoms with Gasteiger partial charge in [0, 0.05) is 24.6 Å². The largest absolute Gasteiger partial charge is 0.472 e. The van der Waals surface area contributed by atoms with E-state index in [9.17, 15) is 4.79 Å². The number of anilines is 2.